The molecule has 0 aliphatic heterocycles. The van der Waals surface area contributed by atoms with E-state index >= 15 is 0 Å². The molecule has 0 fully saturated rings. The standard InChI is InChI=1S/C24H36ClN5O2/c1-7-8-13-26-23(32)29(15-17(2)3)16-22(31)27-21-14-20(24(4,5)6)28-30(21)19-12-10-9-11-18(19)25/h9-12,14,17H,7-8,13,15-16H2,1-6H3,(H,26,32)(H,27,31). The van der Waals surface area contributed by atoms with Crippen molar-refractivity contribution in [1.29, 1.82) is 0 Å². The number of hydrogen-bond acceptors (Lipinski definition) is 3. The predicted molar refractivity (Wildman–Crippen MR) is 131 cm³/mol. The average Bonchev–Trinajstić information content (AvgIpc) is 3.11. The van der Waals surface area contributed by atoms with E-state index in [0.717, 1.165) is 18.5 Å². The van der Waals surface area contributed by atoms with Gasteiger partial charge in [0.15, 0.2) is 0 Å². The van der Waals surface area contributed by atoms with E-state index in [-0.39, 0.29) is 29.8 Å². The fraction of sp³-hybridized carbons (Fsp3) is 0.542. The summed E-state index contributed by atoms with van der Waals surface area (Å²) >= 11 is 6.40. The van der Waals surface area contributed by atoms with Gasteiger partial charge in [0, 0.05) is 24.6 Å². The third-order valence-electron chi connectivity index (χ3n) is 4.84. The number of carbonyl (C=O) groups excluding carboxylic acids is 2. The summed E-state index contributed by atoms with van der Waals surface area (Å²) in [6, 6.07) is 8.98. The minimum atomic E-state index is -0.287. The third kappa shape index (κ3) is 7.26. The van der Waals surface area contributed by atoms with Crippen LogP contribution in [0.4, 0.5) is 10.6 Å². The third-order valence-corrected chi connectivity index (χ3v) is 5.16. The van der Waals surface area contributed by atoms with Crippen LogP contribution in [0.25, 0.3) is 5.69 Å². The molecule has 1 aromatic carbocycles. The molecule has 0 unspecified atom stereocenters. The van der Waals surface area contributed by atoms with Crippen molar-refractivity contribution in [2.24, 2.45) is 5.92 Å². The van der Waals surface area contributed by atoms with Gasteiger partial charge in [0.1, 0.15) is 12.4 Å². The zero-order chi connectivity index (χ0) is 23.9. The number of nitrogens with one attached hydrogen (secondary N) is 2. The van der Waals surface area contributed by atoms with Crippen LogP contribution in [0.2, 0.25) is 5.02 Å². The first-order chi connectivity index (χ1) is 15.0. The van der Waals surface area contributed by atoms with E-state index in [1.54, 1.807) is 15.6 Å². The Balaban J connectivity index is 2.25. The Morgan fingerprint density at radius 3 is 2.50 bits per heavy atom. The maximum absolute atomic E-state index is 13.0. The van der Waals surface area contributed by atoms with Crippen molar-refractivity contribution < 1.29 is 9.59 Å². The van der Waals surface area contributed by atoms with Gasteiger partial charge in [-0.25, -0.2) is 9.48 Å². The highest BCUT2D eigenvalue weighted by atomic mass is 35.5. The van der Waals surface area contributed by atoms with Gasteiger partial charge in [-0.15, -0.1) is 0 Å². The van der Waals surface area contributed by atoms with Gasteiger partial charge in [-0.3, -0.25) is 4.79 Å². The van der Waals surface area contributed by atoms with Gasteiger partial charge < -0.3 is 15.5 Å². The molecule has 2 aromatic rings. The Bertz CT molecular complexity index is 917. The maximum Gasteiger partial charge on any atom is 0.317 e. The molecule has 7 nitrogen and oxygen atoms in total. The van der Waals surface area contributed by atoms with Crippen LogP contribution in [-0.4, -0.2) is 46.3 Å². The highest BCUT2D eigenvalue weighted by Crippen LogP contribution is 2.29. The van der Waals surface area contributed by atoms with Crippen LogP contribution in [0, 0.1) is 5.92 Å². The first-order valence-electron chi connectivity index (χ1n) is 11.2. The second-order valence-corrected chi connectivity index (χ2v) is 9.84. The quantitative estimate of drug-likeness (QED) is 0.502. The molecule has 32 heavy (non-hydrogen) atoms. The molecule has 3 amide bonds. The molecule has 176 valence electrons. The molecule has 1 heterocycles. The zero-order valence-electron chi connectivity index (χ0n) is 20.0. The van der Waals surface area contributed by atoms with Crippen molar-refractivity contribution in [1.82, 2.24) is 20.0 Å². The van der Waals surface area contributed by atoms with Gasteiger partial charge in [0.2, 0.25) is 5.91 Å². The Kier molecular flexibility index (Phi) is 9.13. The Hall–Kier alpha value is -2.54. The number of carbonyl (C=O) groups is 2. The molecule has 2 rings (SSSR count). The van der Waals surface area contributed by atoms with Crippen molar-refractivity contribution in [3.8, 4) is 5.69 Å². The summed E-state index contributed by atoms with van der Waals surface area (Å²) in [4.78, 5) is 27.1. The van der Waals surface area contributed by atoms with Gasteiger partial charge in [-0.2, -0.15) is 5.10 Å². The molecule has 0 spiro atoms. The second kappa shape index (κ2) is 11.4. The van der Waals surface area contributed by atoms with E-state index in [1.807, 2.05) is 38.1 Å². The van der Waals surface area contributed by atoms with Gasteiger partial charge in [0.25, 0.3) is 0 Å². The zero-order valence-corrected chi connectivity index (χ0v) is 20.8. The lowest BCUT2D eigenvalue weighted by Gasteiger charge is -2.24. The summed E-state index contributed by atoms with van der Waals surface area (Å²) in [5.41, 5.74) is 1.29. The first kappa shape index (κ1) is 25.7. The molecule has 0 saturated heterocycles. The number of rotatable bonds is 9. The smallest absolute Gasteiger partial charge is 0.317 e. The van der Waals surface area contributed by atoms with Crippen LogP contribution < -0.4 is 10.6 Å². The molecule has 0 aliphatic rings. The molecule has 0 radical (unpaired) electrons. The van der Waals surface area contributed by atoms with Crippen molar-refractivity contribution in [3.63, 3.8) is 0 Å². The Morgan fingerprint density at radius 2 is 1.91 bits per heavy atom. The summed E-state index contributed by atoms with van der Waals surface area (Å²) in [7, 11) is 0. The van der Waals surface area contributed by atoms with E-state index in [4.69, 9.17) is 16.7 Å². The van der Waals surface area contributed by atoms with Gasteiger partial charge in [-0.05, 0) is 24.5 Å². The molecular formula is C24H36ClN5O2. The lowest BCUT2D eigenvalue weighted by atomic mass is 9.92. The first-order valence-corrected chi connectivity index (χ1v) is 11.6. The summed E-state index contributed by atoms with van der Waals surface area (Å²) in [5, 5.41) is 11.1. The molecular weight excluding hydrogens is 426 g/mol. The number of unbranched alkanes of at least 4 members (excludes halogenated alkanes) is 1. The van der Waals surface area contributed by atoms with Gasteiger partial charge in [0.05, 0.1) is 16.4 Å². The largest absolute Gasteiger partial charge is 0.338 e. The fourth-order valence-electron chi connectivity index (χ4n) is 3.14. The van der Waals surface area contributed by atoms with E-state index in [1.165, 1.54) is 0 Å². The van der Waals surface area contributed by atoms with Gasteiger partial charge in [-0.1, -0.05) is 71.7 Å². The normalized spacial score (nSPS) is 11.5. The molecule has 2 N–H and O–H groups in total. The number of anilines is 1. The molecule has 0 bridgehead atoms. The minimum Gasteiger partial charge on any atom is -0.338 e. The van der Waals surface area contributed by atoms with Crippen LogP contribution in [0.3, 0.4) is 0 Å². The van der Waals surface area contributed by atoms with Crippen molar-refractivity contribution in [2.45, 2.75) is 59.8 Å². The summed E-state index contributed by atoms with van der Waals surface area (Å²) in [6.07, 6.45) is 1.90. The SMILES string of the molecule is CCCCNC(=O)N(CC(=O)Nc1cc(C(C)(C)C)nn1-c1ccccc1Cl)CC(C)C. The van der Waals surface area contributed by atoms with Crippen LogP contribution in [0.1, 0.15) is 60.1 Å². The van der Waals surface area contributed by atoms with Crippen LogP contribution in [-0.2, 0) is 10.2 Å². The van der Waals surface area contributed by atoms with Crippen LogP contribution in [0.15, 0.2) is 30.3 Å². The fourth-order valence-corrected chi connectivity index (χ4v) is 3.36. The predicted octanol–water partition coefficient (Wildman–Crippen LogP) is 5.23. The van der Waals surface area contributed by atoms with E-state index in [2.05, 4.69) is 38.3 Å². The Morgan fingerprint density at radius 1 is 1.22 bits per heavy atom. The molecule has 8 heteroatoms. The number of amides is 3. The number of para-hydroxylation sites is 1. The number of aromatic nitrogens is 2. The second-order valence-electron chi connectivity index (χ2n) is 9.44. The highest BCUT2D eigenvalue weighted by Gasteiger charge is 2.24. The van der Waals surface area contributed by atoms with Crippen molar-refractivity contribution in [3.05, 3.63) is 41.0 Å². The van der Waals surface area contributed by atoms with Crippen LogP contribution in [0.5, 0.6) is 0 Å². The summed E-state index contributed by atoms with van der Waals surface area (Å²) in [5.74, 6) is 0.467. The van der Waals surface area contributed by atoms with Crippen LogP contribution >= 0.6 is 11.6 Å². The van der Waals surface area contributed by atoms with Crippen molar-refractivity contribution in [2.75, 3.05) is 25.0 Å². The van der Waals surface area contributed by atoms with E-state index in [9.17, 15) is 9.59 Å². The molecule has 0 atom stereocenters. The minimum absolute atomic E-state index is 0.0469. The topological polar surface area (TPSA) is 79.3 Å². The molecule has 0 saturated carbocycles. The van der Waals surface area contributed by atoms with Crippen molar-refractivity contribution >= 4 is 29.4 Å². The number of benzene rings is 1. The number of hydrogen-bond donors (Lipinski definition) is 2. The lowest BCUT2D eigenvalue weighted by molar-refractivity contribution is -0.116. The average molecular weight is 462 g/mol. The monoisotopic (exact) mass is 461 g/mol. The maximum atomic E-state index is 13.0. The lowest BCUT2D eigenvalue weighted by Crippen LogP contribution is -2.46. The summed E-state index contributed by atoms with van der Waals surface area (Å²) < 4.78 is 1.65. The molecule has 1 aromatic heterocycles. The molecule has 0 aliphatic carbocycles. The van der Waals surface area contributed by atoms with E-state index in [0.29, 0.717) is 29.6 Å². The number of halogens is 1. The summed E-state index contributed by atoms with van der Waals surface area (Å²) in [6.45, 7) is 13.3. The number of nitrogens with zero attached hydrogens (tertiary/aromatic N) is 3. The van der Waals surface area contributed by atoms with Gasteiger partial charge >= 0.3 is 6.03 Å². The highest BCUT2D eigenvalue weighted by molar-refractivity contribution is 6.32. The Labute approximate surface area is 196 Å². The van der Waals surface area contributed by atoms with E-state index < -0.39 is 0 Å². The number of urea groups is 1.